The van der Waals surface area contributed by atoms with Gasteiger partial charge in [-0.25, -0.2) is 0 Å². The molecule has 0 bridgehead atoms. The second-order valence-electron chi connectivity index (χ2n) is 4.99. The summed E-state index contributed by atoms with van der Waals surface area (Å²) in [6.07, 6.45) is 4.63. The Bertz CT molecular complexity index is 315. The molecule has 3 heteroatoms. The van der Waals surface area contributed by atoms with E-state index in [1.165, 1.54) is 18.4 Å². The van der Waals surface area contributed by atoms with Crippen molar-refractivity contribution in [2.45, 2.75) is 44.2 Å². The lowest BCUT2D eigenvalue weighted by Crippen LogP contribution is -2.45. The Kier molecular flexibility index (Phi) is 3.67. The van der Waals surface area contributed by atoms with Crippen molar-refractivity contribution in [1.82, 2.24) is 0 Å². The maximum atomic E-state index is 6.39. The van der Waals surface area contributed by atoms with Gasteiger partial charge in [-0.3, -0.25) is 0 Å². The Balaban J connectivity index is 2.15. The van der Waals surface area contributed by atoms with Crippen LogP contribution < -0.4 is 5.73 Å². The van der Waals surface area contributed by atoms with Crippen molar-refractivity contribution in [3.8, 4) is 0 Å². The molecule has 16 heavy (non-hydrogen) atoms. The summed E-state index contributed by atoms with van der Waals surface area (Å²) in [5.74, 6) is 0.818. The Morgan fingerprint density at radius 1 is 1.50 bits per heavy atom. The third-order valence-corrected chi connectivity index (χ3v) is 4.70. The van der Waals surface area contributed by atoms with E-state index in [4.69, 9.17) is 10.5 Å². The summed E-state index contributed by atoms with van der Waals surface area (Å²) in [4.78, 5) is 0. The third kappa shape index (κ3) is 2.17. The zero-order valence-corrected chi connectivity index (χ0v) is 10.9. The first-order chi connectivity index (χ1) is 7.68. The zero-order chi connectivity index (χ0) is 11.6. The normalized spacial score (nSPS) is 32.6. The number of ether oxygens (including phenoxy) is 1. The summed E-state index contributed by atoms with van der Waals surface area (Å²) in [6.45, 7) is 2.32. The molecule has 1 heterocycles. The van der Waals surface area contributed by atoms with Gasteiger partial charge >= 0.3 is 0 Å². The van der Waals surface area contributed by atoms with E-state index in [0.29, 0.717) is 0 Å². The molecule has 0 aromatic carbocycles. The standard InChI is InChI=1S/C13H21NOS/c1-10-3-6-13(15-2,7-4-10)12(14)11-5-8-16-9-11/h5,8-10,12H,3-4,6-7,14H2,1-2H3. The van der Waals surface area contributed by atoms with Gasteiger partial charge in [0.2, 0.25) is 0 Å². The second-order valence-corrected chi connectivity index (χ2v) is 5.77. The van der Waals surface area contributed by atoms with Gasteiger partial charge in [-0.1, -0.05) is 6.92 Å². The molecule has 0 amide bonds. The van der Waals surface area contributed by atoms with Gasteiger partial charge in [-0.2, -0.15) is 11.3 Å². The molecule has 1 saturated carbocycles. The summed E-state index contributed by atoms with van der Waals surface area (Å²) in [5.41, 5.74) is 7.48. The molecule has 1 unspecified atom stereocenters. The van der Waals surface area contributed by atoms with Crippen LogP contribution in [-0.4, -0.2) is 12.7 Å². The van der Waals surface area contributed by atoms with Crippen LogP contribution in [0.1, 0.15) is 44.2 Å². The van der Waals surface area contributed by atoms with Gasteiger partial charge in [0.25, 0.3) is 0 Å². The Labute approximate surface area is 102 Å². The number of rotatable bonds is 3. The van der Waals surface area contributed by atoms with Crippen molar-refractivity contribution < 1.29 is 4.74 Å². The van der Waals surface area contributed by atoms with Gasteiger partial charge in [0.15, 0.2) is 0 Å². The van der Waals surface area contributed by atoms with Crippen LogP contribution in [0.3, 0.4) is 0 Å². The number of nitrogens with two attached hydrogens (primary N) is 1. The average Bonchev–Trinajstić information content (AvgIpc) is 2.83. The van der Waals surface area contributed by atoms with Crippen LogP contribution in [0.5, 0.6) is 0 Å². The van der Waals surface area contributed by atoms with Crippen LogP contribution in [0.25, 0.3) is 0 Å². The first kappa shape index (κ1) is 12.1. The van der Waals surface area contributed by atoms with Gasteiger partial charge in [-0.05, 0) is 54.0 Å². The minimum absolute atomic E-state index is 0.0243. The van der Waals surface area contributed by atoms with E-state index in [9.17, 15) is 0 Å². The molecule has 1 aromatic rings. The lowest BCUT2D eigenvalue weighted by molar-refractivity contribution is -0.0671. The van der Waals surface area contributed by atoms with Crippen LogP contribution in [-0.2, 0) is 4.74 Å². The van der Waals surface area contributed by atoms with E-state index >= 15 is 0 Å². The predicted octanol–water partition coefficient (Wildman–Crippen LogP) is 3.34. The van der Waals surface area contributed by atoms with Gasteiger partial charge in [0.1, 0.15) is 0 Å². The number of hydrogen-bond acceptors (Lipinski definition) is 3. The SMILES string of the molecule is COC1(C(N)c2ccsc2)CCC(C)CC1. The monoisotopic (exact) mass is 239 g/mol. The van der Waals surface area contributed by atoms with Crippen molar-refractivity contribution >= 4 is 11.3 Å². The largest absolute Gasteiger partial charge is 0.376 e. The van der Waals surface area contributed by atoms with Crippen molar-refractivity contribution in [2.75, 3.05) is 7.11 Å². The van der Waals surface area contributed by atoms with Gasteiger partial charge in [-0.15, -0.1) is 0 Å². The van der Waals surface area contributed by atoms with Crippen LogP contribution in [0.4, 0.5) is 0 Å². The lowest BCUT2D eigenvalue weighted by Gasteiger charge is -2.42. The lowest BCUT2D eigenvalue weighted by atomic mass is 9.74. The highest BCUT2D eigenvalue weighted by Gasteiger charge is 2.40. The van der Waals surface area contributed by atoms with Crippen LogP contribution >= 0.6 is 11.3 Å². The van der Waals surface area contributed by atoms with E-state index in [1.54, 1.807) is 11.3 Å². The zero-order valence-electron chi connectivity index (χ0n) is 10.1. The predicted molar refractivity (Wildman–Crippen MR) is 68.6 cm³/mol. The molecule has 0 radical (unpaired) electrons. The molecule has 2 N–H and O–H groups in total. The molecule has 90 valence electrons. The highest BCUT2D eigenvalue weighted by Crippen LogP contribution is 2.41. The molecule has 0 spiro atoms. The summed E-state index contributed by atoms with van der Waals surface area (Å²) in [6, 6.07) is 2.14. The molecule has 0 saturated heterocycles. The second kappa shape index (κ2) is 4.86. The summed E-state index contributed by atoms with van der Waals surface area (Å²) in [7, 11) is 1.81. The smallest absolute Gasteiger partial charge is 0.0870 e. The van der Waals surface area contributed by atoms with E-state index in [-0.39, 0.29) is 11.6 Å². The van der Waals surface area contributed by atoms with E-state index in [1.807, 2.05) is 7.11 Å². The molecule has 1 atom stereocenters. The Morgan fingerprint density at radius 2 is 2.19 bits per heavy atom. The minimum Gasteiger partial charge on any atom is -0.376 e. The number of methoxy groups -OCH3 is 1. The van der Waals surface area contributed by atoms with Gasteiger partial charge in [0, 0.05) is 7.11 Å². The van der Waals surface area contributed by atoms with Crippen LogP contribution in [0, 0.1) is 5.92 Å². The highest BCUT2D eigenvalue weighted by molar-refractivity contribution is 7.07. The fourth-order valence-electron chi connectivity index (χ4n) is 2.65. The van der Waals surface area contributed by atoms with Crippen molar-refractivity contribution in [2.24, 2.45) is 11.7 Å². The molecule has 2 rings (SSSR count). The molecule has 2 nitrogen and oxygen atoms in total. The third-order valence-electron chi connectivity index (χ3n) is 4.00. The number of thiophene rings is 1. The molecule has 1 aromatic heterocycles. The first-order valence-electron chi connectivity index (χ1n) is 6.01. The summed E-state index contributed by atoms with van der Waals surface area (Å²) >= 11 is 1.71. The van der Waals surface area contributed by atoms with Crippen molar-refractivity contribution in [1.29, 1.82) is 0 Å². The van der Waals surface area contributed by atoms with Crippen LogP contribution in [0.15, 0.2) is 16.8 Å². The average molecular weight is 239 g/mol. The molecular weight excluding hydrogens is 218 g/mol. The fourth-order valence-corrected chi connectivity index (χ4v) is 3.35. The van der Waals surface area contributed by atoms with Gasteiger partial charge in [0.05, 0.1) is 11.6 Å². The molecule has 1 aliphatic carbocycles. The van der Waals surface area contributed by atoms with E-state index in [2.05, 4.69) is 23.8 Å². The molecule has 1 aliphatic rings. The fraction of sp³-hybridized carbons (Fsp3) is 0.692. The topological polar surface area (TPSA) is 35.2 Å². The maximum Gasteiger partial charge on any atom is 0.0870 e. The first-order valence-corrected chi connectivity index (χ1v) is 6.95. The molecular formula is C13H21NOS. The Morgan fingerprint density at radius 3 is 2.69 bits per heavy atom. The molecule has 1 fully saturated rings. The van der Waals surface area contributed by atoms with Crippen LogP contribution in [0.2, 0.25) is 0 Å². The highest BCUT2D eigenvalue weighted by atomic mass is 32.1. The van der Waals surface area contributed by atoms with Crippen molar-refractivity contribution in [3.05, 3.63) is 22.4 Å². The van der Waals surface area contributed by atoms with Gasteiger partial charge < -0.3 is 10.5 Å². The van der Waals surface area contributed by atoms with E-state index < -0.39 is 0 Å². The number of hydrogen-bond donors (Lipinski definition) is 1. The Hall–Kier alpha value is -0.380. The molecule has 0 aliphatic heterocycles. The summed E-state index contributed by atoms with van der Waals surface area (Å²) in [5, 5.41) is 4.23. The summed E-state index contributed by atoms with van der Waals surface area (Å²) < 4.78 is 5.79. The van der Waals surface area contributed by atoms with E-state index in [0.717, 1.165) is 18.8 Å². The van der Waals surface area contributed by atoms with Crippen molar-refractivity contribution in [3.63, 3.8) is 0 Å². The quantitative estimate of drug-likeness (QED) is 0.878. The maximum absolute atomic E-state index is 6.39. The minimum atomic E-state index is -0.131.